The van der Waals surface area contributed by atoms with Crippen LogP contribution in [0.3, 0.4) is 0 Å². The van der Waals surface area contributed by atoms with Crippen molar-refractivity contribution in [2.24, 2.45) is 0 Å². The number of unbranched alkanes of at least 4 members (excludes halogenated alkanes) is 19. The summed E-state index contributed by atoms with van der Waals surface area (Å²) in [6, 6.07) is -0.848. The number of nitrogens with one attached hydrogen (secondary N) is 1. The molecule has 11 heteroatoms. The molecule has 7 atom stereocenters. The number of allylic oxidation sites excluding steroid dienone is 13. The second-order valence-electron chi connectivity index (χ2n) is 18.2. The van der Waals surface area contributed by atoms with Gasteiger partial charge in [0.15, 0.2) is 6.29 Å². The van der Waals surface area contributed by atoms with Gasteiger partial charge in [0.05, 0.1) is 32.0 Å². The Morgan fingerprint density at radius 2 is 1.06 bits per heavy atom. The van der Waals surface area contributed by atoms with E-state index in [-0.39, 0.29) is 18.5 Å². The van der Waals surface area contributed by atoms with Crippen LogP contribution in [0.5, 0.6) is 0 Å². The zero-order chi connectivity index (χ0) is 49.6. The molecule has 1 heterocycles. The monoisotopic (exact) mass is 956 g/mol. The number of aliphatic hydroxyl groups is 5. The first kappa shape index (κ1) is 62.9. The van der Waals surface area contributed by atoms with Crippen LogP contribution in [0.2, 0.25) is 0 Å². The number of rotatable bonds is 44. The summed E-state index contributed by atoms with van der Waals surface area (Å²) in [5.74, 6) is -0.269. The summed E-state index contributed by atoms with van der Waals surface area (Å²) >= 11 is 0. The maximum atomic E-state index is 12.9. The fourth-order valence-corrected chi connectivity index (χ4v) is 7.69. The summed E-state index contributed by atoms with van der Waals surface area (Å²) < 4.78 is 16.6. The summed E-state index contributed by atoms with van der Waals surface area (Å²) in [5, 5.41) is 54.0. The van der Waals surface area contributed by atoms with Crippen LogP contribution >= 0.6 is 0 Å². The Kier molecular flexibility index (Phi) is 42.7. The first-order valence-corrected chi connectivity index (χ1v) is 26.8. The van der Waals surface area contributed by atoms with E-state index < -0.39 is 49.5 Å². The number of ether oxygens (including phenoxy) is 3. The Morgan fingerprint density at radius 1 is 0.574 bits per heavy atom. The maximum absolute atomic E-state index is 12.9. The predicted octanol–water partition coefficient (Wildman–Crippen LogP) is 11.4. The number of carbonyl (C=O) groups excluding carboxylic acids is 2. The second-order valence-corrected chi connectivity index (χ2v) is 18.2. The third-order valence-corrected chi connectivity index (χ3v) is 12.0. The van der Waals surface area contributed by atoms with Gasteiger partial charge in [0.2, 0.25) is 5.91 Å². The van der Waals surface area contributed by atoms with E-state index in [2.05, 4.69) is 79.1 Å². The van der Waals surface area contributed by atoms with Crippen molar-refractivity contribution in [1.29, 1.82) is 0 Å². The molecule has 0 bridgehead atoms. The van der Waals surface area contributed by atoms with Gasteiger partial charge in [0.25, 0.3) is 0 Å². The largest absolute Gasteiger partial charge is 0.466 e. The van der Waals surface area contributed by atoms with Crippen molar-refractivity contribution in [2.45, 2.75) is 243 Å². The van der Waals surface area contributed by atoms with Crippen molar-refractivity contribution < 1.29 is 49.3 Å². The van der Waals surface area contributed by atoms with Crippen molar-refractivity contribution in [3.8, 4) is 0 Å². The quantitative estimate of drug-likeness (QED) is 0.0196. The zero-order valence-corrected chi connectivity index (χ0v) is 42.5. The molecular weight excluding hydrogens is 859 g/mol. The molecule has 7 unspecified atom stereocenters. The molecule has 11 nitrogen and oxygen atoms in total. The van der Waals surface area contributed by atoms with E-state index in [1.165, 1.54) is 51.4 Å². The SMILES string of the molecule is C/C=C/CC/C=C/CC/C=C/C(O)C(COC1OC(CO)C(O)C(O)C1O)NC(=O)CCCCCCCCC/C=C\C/C=C\CCCCCOC(=O)CCCCCCC/C=C\C/C=C\CCCC. The smallest absolute Gasteiger partial charge is 0.305 e. The van der Waals surface area contributed by atoms with Gasteiger partial charge in [-0.05, 0) is 116 Å². The molecule has 1 saturated heterocycles. The Balaban J connectivity index is 2.12. The highest BCUT2D eigenvalue weighted by Crippen LogP contribution is 2.22. The molecular formula is C57H97NO10. The fourth-order valence-electron chi connectivity index (χ4n) is 7.69. The fraction of sp³-hybridized carbons (Fsp3) is 0.719. The van der Waals surface area contributed by atoms with Gasteiger partial charge in [0, 0.05) is 12.8 Å². The lowest BCUT2D eigenvalue weighted by atomic mass is 9.99. The average Bonchev–Trinajstić information content (AvgIpc) is 3.33. The number of hydrogen-bond acceptors (Lipinski definition) is 10. The standard InChI is InChI=1S/C57H97NO10/c1-3-5-7-9-11-13-14-15-22-25-29-33-37-41-45-53(62)66-46-42-38-34-30-26-23-20-18-16-17-19-21-24-28-32-36-40-44-52(61)58-49(50(60)43-39-35-31-27-12-10-8-6-4-2)48-67-57-56(65)55(64)54(63)51(47-59)68-57/h4,6,9,11-12,14-16,18,23,26-27,39,43,49-51,54-57,59-60,63-65H,3,5,7-8,10,13,17,19-22,24-25,28-38,40-42,44-48H2,1-2H3,(H,58,61)/b6-4+,11-9-,15-14-,18-16-,26-23-,27-12+,43-39+. The van der Waals surface area contributed by atoms with Crippen molar-refractivity contribution in [1.82, 2.24) is 5.32 Å². The highest BCUT2D eigenvalue weighted by atomic mass is 16.7. The number of esters is 1. The van der Waals surface area contributed by atoms with Crippen LogP contribution in [0, 0.1) is 0 Å². The zero-order valence-electron chi connectivity index (χ0n) is 42.5. The average molecular weight is 956 g/mol. The minimum absolute atomic E-state index is 0.0501. The van der Waals surface area contributed by atoms with Crippen LogP contribution in [0.4, 0.5) is 0 Å². The molecule has 1 aliphatic heterocycles. The van der Waals surface area contributed by atoms with Gasteiger partial charge in [-0.1, -0.05) is 156 Å². The van der Waals surface area contributed by atoms with Crippen LogP contribution in [0.1, 0.15) is 200 Å². The number of carbonyl (C=O) groups is 2. The minimum Gasteiger partial charge on any atom is -0.466 e. The first-order valence-electron chi connectivity index (χ1n) is 26.8. The number of aliphatic hydroxyl groups excluding tert-OH is 5. The Bertz CT molecular complexity index is 1400. The van der Waals surface area contributed by atoms with Crippen molar-refractivity contribution in [3.05, 3.63) is 85.1 Å². The van der Waals surface area contributed by atoms with Gasteiger partial charge in [-0.25, -0.2) is 0 Å². The van der Waals surface area contributed by atoms with Gasteiger partial charge >= 0.3 is 5.97 Å². The Labute approximate surface area is 413 Å². The van der Waals surface area contributed by atoms with Crippen LogP contribution in [-0.2, 0) is 23.8 Å². The van der Waals surface area contributed by atoms with Crippen LogP contribution in [-0.4, -0.2) is 100 Å². The van der Waals surface area contributed by atoms with E-state index >= 15 is 0 Å². The molecule has 0 aromatic heterocycles. The van der Waals surface area contributed by atoms with E-state index in [0.717, 1.165) is 116 Å². The van der Waals surface area contributed by atoms with Crippen molar-refractivity contribution in [3.63, 3.8) is 0 Å². The summed E-state index contributed by atoms with van der Waals surface area (Å²) in [7, 11) is 0. The predicted molar refractivity (Wildman–Crippen MR) is 278 cm³/mol. The third kappa shape index (κ3) is 35.9. The normalized spacial score (nSPS) is 20.1. The van der Waals surface area contributed by atoms with Crippen LogP contribution in [0.15, 0.2) is 85.1 Å². The molecule has 6 N–H and O–H groups in total. The lowest BCUT2D eigenvalue weighted by molar-refractivity contribution is -0.302. The molecule has 68 heavy (non-hydrogen) atoms. The molecule has 0 saturated carbocycles. The molecule has 1 fully saturated rings. The summed E-state index contributed by atoms with van der Waals surface area (Å²) in [6.07, 6.45) is 51.2. The Morgan fingerprint density at radius 3 is 1.62 bits per heavy atom. The van der Waals surface area contributed by atoms with Gasteiger partial charge in [-0.3, -0.25) is 9.59 Å². The topological polar surface area (TPSA) is 175 Å². The molecule has 1 aliphatic rings. The van der Waals surface area contributed by atoms with E-state index in [1.807, 2.05) is 19.1 Å². The molecule has 0 aromatic carbocycles. The maximum Gasteiger partial charge on any atom is 0.305 e. The molecule has 1 amide bonds. The van der Waals surface area contributed by atoms with E-state index in [9.17, 15) is 35.1 Å². The molecule has 0 aromatic rings. The van der Waals surface area contributed by atoms with Gasteiger partial charge in [0.1, 0.15) is 24.4 Å². The van der Waals surface area contributed by atoms with E-state index in [0.29, 0.717) is 25.9 Å². The van der Waals surface area contributed by atoms with E-state index in [1.54, 1.807) is 6.08 Å². The molecule has 0 radical (unpaired) electrons. The highest BCUT2D eigenvalue weighted by molar-refractivity contribution is 5.76. The molecule has 1 rings (SSSR count). The molecule has 390 valence electrons. The second kappa shape index (κ2) is 46.2. The van der Waals surface area contributed by atoms with Gasteiger partial charge in [-0.15, -0.1) is 0 Å². The molecule has 0 aliphatic carbocycles. The lowest BCUT2D eigenvalue weighted by Gasteiger charge is -2.40. The summed E-state index contributed by atoms with van der Waals surface area (Å²) in [4.78, 5) is 25.0. The van der Waals surface area contributed by atoms with Gasteiger partial charge in [-0.2, -0.15) is 0 Å². The first-order chi connectivity index (χ1) is 33.2. The summed E-state index contributed by atoms with van der Waals surface area (Å²) in [6.45, 7) is 3.95. The summed E-state index contributed by atoms with van der Waals surface area (Å²) in [5.41, 5.74) is 0. The number of amides is 1. The number of hydrogen-bond donors (Lipinski definition) is 6. The third-order valence-electron chi connectivity index (χ3n) is 12.0. The van der Waals surface area contributed by atoms with Crippen molar-refractivity contribution in [2.75, 3.05) is 19.8 Å². The lowest BCUT2D eigenvalue weighted by Crippen LogP contribution is -2.60. The van der Waals surface area contributed by atoms with Crippen LogP contribution in [0.25, 0.3) is 0 Å². The van der Waals surface area contributed by atoms with Gasteiger partial charge < -0.3 is 45.1 Å². The van der Waals surface area contributed by atoms with Crippen molar-refractivity contribution >= 4 is 11.9 Å². The minimum atomic E-state index is -1.59. The Hall–Kier alpha value is -3.16. The van der Waals surface area contributed by atoms with E-state index in [4.69, 9.17) is 14.2 Å². The van der Waals surface area contributed by atoms with Crippen LogP contribution < -0.4 is 5.32 Å². The highest BCUT2D eigenvalue weighted by Gasteiger charge is 2.44. The molecule has 0 spiro atoms.